The lowest BCUT2D eigenvalue weighted by molar-refractivity contribution is -0.122. The number of aryl methyl sites for hydroxylation is 1. The van der Waals surface area contributed by atoms with Crippen molar-refractivity contribution in [1.29, 1.82) is 0 Å². The third kappa shape index (κ3) is 4.10. The second-order valence-electron chi connectivity index (χ2n) is 6.29. The average Bonchev–Trinajstić information content (AvgIpc) is 2.81. The number of hydrogen-bond acceptors (Lipinski definition) is 4. The monoisotopic (exact) mass is 382 g/mol. The van der Waals surface area contributed by atoms with Crippen LogP contribution in [0.4, 0.5) is 4.39 Å². The van der Waals surface area contributed by atoms with Gasteiger partial charge >= 0.3 is 0 Å². The molecule has 1 unspecified atom stereocenters. The van der Waals surface area contributed by atoms with Gasteiger partial charge in [-0.05, 0) is 38.5 Å². The first-order valence-electron chi connectivity index (χ1n) is 8.05. The summed E-state index contributed by atoms with van der Waals surface area (Å²) >= 11 is 0. The molecule has 0 aliphatic heterocycles. The van der Waals surface area contributed by atoms with E-state index < -0.39 is 10.0 Å². The molecule has 1 amide bonds. The molecule has 0 radical (unpaired) electrons. The molecule has 0 saturated carbocycles. The van der Waals surface area contributed by atoms with E-state index in [0.29, 0.717) is 11.4 Å². The van der Waals surface area contributed by atoms with Gasteiger partial charge in [-0.2, -0.15) is 5.10 Å². The molecule has 9 heteroatoms. The summed E-state index contributed by atoms with van der Waals surface area (Å²) in [6.07, 6.45) is 0. The highest BCUT2D eigenvalue weighted by Gasteiger charge is 2.27. The summed E-state index contributed by atoms with van der Waals surface area (Å²) in [6.45, 7) is 4.89. The predicted molar refractivity (Wildman–Crippen MR) is 95.5 cm³/mol. The molecule has 2 rings (SSSR count). The number of aromatic nitrogens is 2. The zero-order valence-corrected chi connectivity index (χ0v) is 16.3. The maximum Gasteiger partial charge on any atom is 0.246 e. The van der Waals surface area contributed by atoms with Crippen LogP contribution < -0.4 is 5.32 Å². The average molecular weight is 382 g/mol. The van der Waals surface area contributed by atoms with Gasteiger partial charge in [0.05, 0.1) is 17.4 Å². The zero-order valence-electron chi connectivity index (χ0n) is 15.4. The molecule has 142 valence electrons. The number of halogens is 1. The Balaban J connectivity index is 2.16. The van der Waals surface area contributed by atoms with Crippen LogP contribution in [0.15, 0.2) is 29.2 Å². The summed E-state index contributed by atoms with van der Waals surface area (Å²) in [4.78, 5) is 12.4. The Kier molecular flexibility index (Phi) is 5.82. The molecule has 0 saturated heterocycles. The maximum atomic E-state index is 13.0. The molecule has 0 aliphatic rings. The molecule has 26 heavy (non-hydrogen) atoms. The van der Waals surface area contributed by atoms with Crippen molar-refractivity contribution in [2.24, 2.45) is 0 Å². The second-order valence-corrected chi connectivity index (χ2v) is 8.37. The molecule has 1 aromatic carbocycles. The number of nitrogens with zero attached hydrogens (tertiary/aromatic N) is 3. The number of carbonyl (C=O) groups excluding carboxylic acids is 1. The highest BCUT2D eigenvalue weighted by atomic mass is 32.2. The van der Waals surface area contributed by atoms with E-state index in [1.54, 1.807) is 32.9 Å². The van der Waals surface area contributed by atoms with Crippen molar-refractivity contribution < 1.29 is 17.6 Å². The van der Waals surface area contributed by atoms with Crippen LogP contribution in [-0.2, 0) is 21.4 Å². The van der Waals surface area contributed by atoms with Crippen molar-refractivity contribution in [3.05, 3.63) is 47.0 Å². The summed E-state index contributed by atoms with van der Waals surface area (Å²) in [5.74, 6) is -0.661. The van der Waals surface area contributed by atoms with E-state index in [1.807, 2.05) is 0 Å². The summed E-state index contributed by atoms with van der Waals surface area (Å²) in [5, 5.41) is 6.99. The fourth-order valence-electron chi connectivity index (χ4n) is 2.65. The Morgan fingerprint density at radius 3 is 2.38 bits per heavy atom. The van der Waals surface area contributed by atoms with Gasteiger partial charge in [0.15, 0.2) is 0 Å². The van der Waals surface area contributed by atoms with E-state index in [0.717, 1.165) is 9.87 Å². The van der Waals surface area contributed by atoms with Crippen LogP contribution in [0.25, 0.3) is 0 Å². The topological polar surface area (TPSA) is 84.3 Å². The van der Waals surface area contributed by atoms with Crippen molar-refractivity contribution in [3.63, 3.8) is 0 Å². The van der Waals surface area contributed by atoms with Gasteiger partial charge in [0.1, 0.15) is 17.3 Å². The molecule has 0 fully saturated rings. The Hall–Kier alpha value is -2.26. The minimum atomic E-state index is -3.64. The van der Waals surface area contributed by atoms with E-state index in [2.05, 4.69) is 10.4 Å². The number of hydrogen-bond donors (Lipinski definition) is 1. The van der Waals surface area contributed by atoms with E-state index in [-0.39, 0.29) is 29.2 Å². The maximum absolute atomic E-state index is 13.0. The van der Waals surface area contributed by atoms with E-state index in [4.69, 9.17) is 0 Å². The van der Waals surface area contributed by atoms with Gasteiger partial charge in [0.25, 0.3) is 0 Å². The van der Waals surface area contributed by atoms with Crippen LogP contribution in [-0.4, -0.2) is 42.5 Å². The Bertz CT molecular complexity index is 905. The van der Waals surface area contributed by atoms with E-state index >= 15 is 0 Å². The molecule has 1 atom stereocenters. The molecular formula is C17H23FN4O3S. The standard InChI is InChI=1S/C17H23FN4O3S/c1-11(14-6-8-15(18)9-7-14)19-16(23)10-22-13(3)17(12(2)20-22)26(24,25)21(4)5/h6-9,11H,10H2,1-5H3,(H,19,23). The molecule has 2 aromatic rings. The largest absolute Gasteiger partial charge is 0.348 e. The normalized spacial score (nSPS) is 13.0. The van der Waals surface area contributed by atoms with Crippen LogP contribution in [0.3, 0.4) is 0 Å². The van der Waals surface area contributed by atoms with Gasteiger partial charge < -0.3 is 5.32 Å². The number of nitrogens with one attached hydrogen (secondary N) is 1. The lowest BCUT2D eigenvalue weighted by Crippen LogP contribution is -2.31. The smallest absolute Gasteiger partial charge is 0.246 e. The molecule has 0 bridgehead atoms. The van der Waals surface area contributed by atoms with E-state index in [9.17, 15) is 17.6 Å². The van der Waals surface area contributed by atoms with Gasteiger partial charge in [-0.1, -0.05) is 12.1 Å². The second kappa shape index (κ2) is 7.55. The van der Waals surface area contributed by atoms with Gasteiger partial charge in [-0.3, -0.25) is 9.48 Å². The molecule has 1 N–H and O–H groups in total. The van der Waals surface area contributed by atoms with E-state index in [1.165, 1.54) is 30.9 Å². The summed E-state index contributed by atoms with van der Waals surface area (Å²) in [5.41, 5.74) is 1.51. The van der Waals surface area contributed by atoms with Crippen molar-refractivity contribution in [3.8, 4) is 0 Å². The van der Waals surface area contributed by atoms with Crippen LogP contribution in [0, 0.1) is 19.7 Å². The molecular weight excluding hydrogens is 359 g/mol. The Labute approximate surface area is 152 Å². The molecule has 0 aliphatic carbocycles. The predicted octanol–water partition coefficient (Wildman–Crippen LogP) is 1.77. The first-order chi connectivity index (χ1) is 12.0. The lowest BCUT2D eigenvalue weighted by Gasteiger charge is -2.15. The van der Waals surface area contributed by atoms with Gasteiger partial charge in [-0.25, -0.2) is 17.1 Å². The quantitative estimate of drug-likeness (QED) is 0.825. The molecule has 1 heterocycles. The van der Waals surface area contributed by atoms with Crippen LogP contribution in [0.5, 0.6) is 0 Å². The number of amides is 1. The number of sulfonamides is 1. The number of benzene rings is 1. The highest BCUT2D eigenvalue weighted by Crippen LogP contribution is 2.22. The number of carbonyl (C=O) groups is 1. The van der Waals surface area contributed by atoms with Gasteiger partial charge in [0, 0.05) is 14.1 Å². The fourth-order valence-corrected chi connectivity index (χ4v) is 3.91. The fraction of sp³-hybridized carbons (Fsp3) is 0.412. The highest BCUT2D eigenvalue weighted by molar-refractivity contribution is 7.89. The van der Waals surface area contributed by atoms with Gasteiger partial charge in [0.2, 0.25) is 15.9 Å². The van der Waals surface area contributed by atoms with Crippen LogP contribution in [0.1, 0.15) is 29.9 Å². The first kappa shape index (κ1) is 20.1. The number of rotatable bonds is 6. The lowest BCUT2D eigenvalue weighted by atomic mass is 10.1. The first-order valence-corrected chi connectivity index (χ1v) is 9.49. The Morgan fingerprint density at radius 2 is 1.85 bits per heavy atom. The molecule has 0 spiro atoms. The minimum absolute atomic E-state index is 0.110. The van der Waals surface area contributed by atoms with Crippen molar-refractivity contribution in [2.75, 3.05) is 14.1 Å². The molecule has 1 aromatic heterocycles. The van der Waals surface area contributed by atoms with Gasteiger partial charge in [-0.15, -0.1) is 0 Å². The third-order valence-corrected chi connectivity index (χ3v) is 6.16. The van der Waals surface area contributed by atoms with Crippen molar-refractivity contribution in [2.45, 2.75) is 38.3 Å². The Morgan fingerprint density at radius 1 is 1.27 bits per heavy atom. The zero-order chi connectivity index (χ0) is 19.6. The van der Waals surface area contributed by atoms with Crippen molar-refractivity contribution >= 4 is 15.9 Å². The van der Waals surface area contributed by atoms with Crippen LogP contribution in [0.2, 0.25) is 0 Å². The minimum Gasteiger partial charge on any atom is -0.348 e. The summed E-state index contributed by atoms with van der Waals surface area (Å²) in [6, 6.07) is 5.55. The third-order valence-electron chi connectivity index (χ3n) is 4.09. The summed E-state index contributed by atoms with van der Waals surface area (Å²) in [7, 11) is -0.746. The SMILES string of the molecule is Cc1nn(CC(=O)NC(C)c2ccc(F)cc2)c(C)c1S(=O)(=O)N(C)C. The summed E-state index contributed by atoms with van der Waals surface area (Å²) < 4.78 is 40.3. The van der Waals surface area contributed by atoms with Crippen LogP contribution >= 0.6 is 0 Å². The van der Waals surface area contributed by atoms with Crippen molar-refractivity contribution in [1.82, 2.24) is 19.4 Å². The molecule has 7 nitrogen and oxygen atoms in total.